The van der Waals surface area contributed by atoms with Crippen molar-refractivity contribution < 1.29 is 14.1 Å². The van der Waals surface area contributed by atoms with E-state index in [2.05, 4.69) is 15.5 Å². The second-order valence-electron chi connectivity index (χ2n) is 3.41. The van der Waals surface area contributed by atoms with Crippen LogP contribution in [0.15, 0.2) is 18.2 Å². The maximum absolute atomic E-state index is 13.5. The maximum atomic E-state index is 13.5. The van der Waals surface area contributed by atoms with Gasteiger partial charge in [-0.3, -0.25) is 10.1 Å². The number of non-ortho nitro benzene ring substituents is 1. The summed E-state index contributed by atoms with van der Waals surface area (Å²) in [5.41, 5.74) is -0.321. The van der Waals surface area contributed by atoms with E-state index in [4.69, 9.17) is 4.74 Å². The molecule has 0 aliphatic rings. The van der Waals surface area contributed by atoms with Gasteiger partial charge in [0.15, 0.2) is 16.6 Å². The third-order valence-electron chi connectivity index (χ3n) is 2.16. The van der Waals surface area contributed by atoms with Crippen LogP contribution in [-0.4, -0.2) is 22.2 Å². The van der Waals surface area contributed by atoms with Crippen molar-refractivity contribution in [3.8, 4) is 5.75 Å². The molecule has 100 valence electrons. The molecule has 1 N–H and O–H groups in total. The smallest absolute Gasteiger partial charge is 0.272 e. The van der Waals surface area contributed by atoms with Gasteiger partial charge in [-0.2, -0.15) is 0 Å². The Bertz CT molecular complexity index is 604. The molecule has 0 amide bonds. The topological polar surface area (TPSA) is 90.2 Å². The van der Waals surface area contributed by atoms with E-state index < -0.39 is 10.7 Å². The Morgan fingerprint density at radius 3 is 2.89 bits per heavy atom. The van der Waals surface area contributed by atoms with Gasteiger partial charge in [-0.05, 0) is 6.07 Å². The summed E-state index contributed by atoms with van der Waals surface area (Å²) in [7, 11) is 1.71. The molecule has 0 saturated carbocycles. The Morgan fingerprint density at radius 1 is 1.53 bits per heavy atom. The van der Waals surface area contributed by atoms with Crippen LogP contribution in [0.3, 0.4) is 0 Å². The number of nitro benzene ring substituents is 1. The molecule has 0 atom stereocenters. The fourth-order valence-electron chi connectivity index (χ4n) is 1.27. The largest absolute Gasteiger partial charge is 0.483 e. The van der Waals surface area contributed by atoms with Crippen molar-refractivity contribution in [2.75, 3.05) is 12.4 Å². The fraction of sp³-hybridized carbons (Fsp3) is 0.200. The van der Waals surface area contributed by atoms with Gasteiger partial charge in [-0.15, -0.1) is 10.2 Å². The molecule has 19 heavy (non-hydrogen) atoms. The molecule has 1 heterocycles. The molecule has 0 aliphatic carbocycles. The number of aromatic nitrogens is 2. The number of anilines is 1. The van der Waals surface area contributed by atoms with Gasteiger partial charge in [-0.1, -0.05) is 11.3 Å². The minimum Gasteiger partial charge on any atom is -0.483 e. The van der Waals surface area contributed by atoms with Crippen LogP contribution in [-0.2, 0) is 6.61 Å². The average molecular weight is 284 g/mol. The Kier molecular flexibility index (Phi) is 3.85. The normalized spacial score (nSPS) is 10.2. The first-order chi connectivity index (χ1) is 9.10. The molecule has 7 nitrogen and oxygen atoms in total. The lowest BCUT2D eigenvalue weighted by Gasteiger charge is -2.04. The third kappa shape index (κ3) is 3.13. The number of halogens is 1. The van der Waals surface area contributed by atoms with E-state index in [1.54, 1.807) is 7.05 Å². The van der Waals surface area contributed by atoms with Gasteiger partial charge in [0.05, 0.1) is 11.0 Å². The van der Waals surface area contributed by atoms with E-state index >= 15 is 0 Å². The molecular formula is C10H9FN4O3S. The van der Waals surface area contributed by atoms with Gasteiger partial charge in [0.2, 0.25) is 5.13 Å². The lowest BCUT2D eigenvalue weighted by molar-refractivity contribution is -0.385. The fourth-order valence-corrected chi connectivity index (χ4v) is 1.88. The second kappa shape index (κ2) is 5.57. The second-order valence-corrected chi connectivity index (χ2v) is 4.47. The van der Waals surface area contributed by atoms with Crippen molar-refractivity contribution in [3.05, 3.63) is 39.1 Å². The Labute approximate surface area is 111 Å². The third-order valence-corrected chi connectivity index (χ3v) is 3.07. The van der Waals surface area contributed by atoms with Crippen molar-refractivity contribution in [3.63, 3.8) is 0 Å². The van der Waals surface area contributed by atoms with E-state index in [9.17, 15) is 14.5 Å². The summed E-state index contributed by atoms with van der Waals surface area (Å²) < 4.78 is 18.7. The molecule has 1 aromatic carbocycles. The summed E-state index contributed by atoms with van der Waals surface area (Å²) in [4.78, 5) is 9.78. The first-order valence-electron chi connectivity index (χ1n) is 5.17. The predicted molar refractivity (Wildman–Crippen MR) is 66.8 cm³/mol. The molecule has 0 aliphatic heterocycles. The number of nitro groups is 1. The summed E-state index contributed by atoms with van der Waals surface area (Å²) in [5, 5.41) is 22.1. The van der Waals surface area contributed by atoms with Crippen molar-refractivity contribution >= 4 is 22.2 Å². The number of nitrogens with one attached hydrogen (secondary N) is 1. The van der Waals surface area contributed by atoms with Crippen LogP contribution in [0.1, 0.15) is 5.01 Å². The predicted octanol–water partition coefficient (Wildman–Crippen LogP) is 2.21. The van der Waals surface area contributed by atoms with Crippen molar-refractivity contribution in [1.82, 2.24) is 10.2 Å². The Balaban J connectivity index is 2.05. The van der Waals surface area contributed by atoms with E-state index in [-0.39, 0.29) is 18.0 Å². The van der Waals surface area contributed by atoms with Gasteiger partial charge in [0.25, 0.3) is 5.69 Å². The van der Waals surface area contributed by atoms with E-state index in [0.717, 1.165) is 6.07 Å². The average Bonchev–Trinajstić information content (AvgIpc) is 2.85. The molecule has 2 aromatic rings. The van der Waals surface area contributed by atoms with Gasteiger partial charge in [-0.25, -0.2) is 4.39 Å². The summed E-state index contributed by atoms with van der Waals surface area (Å²) in [6.45, 7) is 0.0497. The van der Waals surface area contributed by atoms with Crippen molar-refractivity contribution in [2.24, 2.45) is 0 Å². The van der Waals surface area contributed by atoms with Crippen LogP contribution in [0.2, 0.25) is 0 Å². The molecule has 0 bridgehead atoms. The number of hydrogen-bond donors (Lipinski definition) is 1. The Morgan fingerprint density at radius 2 is 2.32 bits per heavy atom. The van der Waals surface area contributed by atoms with Crippen LogP contribution in [0.5, 0.6) is 5.75 Å². The lowest BCUT2D eigenvalue weighted by Crippen LogP contribution is -1.98. The van der Waals surface area contributed by atoms with Crippen LogP contribution in [0, 0.1) is 15.9 Å². The summed E-state index contributed by atoms with van der Waals surface area (Å²) in [6, 6.07) is 3.21. The quantitative estimate of drug-likeness (QED) is 0.668. The zero-order valence-electron chi connectivity index (χ0n) is 9.79. The van der Waals surface area contributed by atoms with Crippen LogP contribution in [0.25, 0.3) is 0 Å². The van der Waals surface area contributed by atoms with Crippen LogP contribution < -0.4 is 10.1 Å². The molecule has 1 aromatic heterocycles. The number of nitrogens with zero attached hydrogens (tertiary/aromatic N) is 3. The first-order valence-corrected chi connectivity index (χ1v) is 5.98. The highest BCUT2D eigenvalue weighted by molar-refractivity contribution is 7.15. The molecule has 0 spiro atoms. The number of benzene rings is 1. The molecule has 0 unspecified atom stereocenters. The Hall–Kier alpha value is -2.29. The minimum absolute atomic E-state index is 0.0497. The molecule has 9 heteroatoms. The molecule has 0 saturated heterocycles. The van der Waals surface area contributed by atoms with Crippen molar-refractivity contribution in [2.45, 2.75) is 6.61 Å². The van der Waals surface area contributed by atoms with E-state index in [1.807, 2.05) is 0 Å². The molecule has 0 radical (unpaired) electrons. The molecule has 2 rings (SSSR count). The highest BCUT2D eigenvalue weighted by Gasteiger charge is 2.12. The van der Waals surface area contributed by atoms with Gasteiger partial charge in [0.1, 0.15) is 6.61 Å². The van der Waals surface area contributed by atoms with Crippen molar-refractivity contribution in [1.29, 1.82) is 0 Å². The van der Waals surface area contributed by atoms with E-state index in [0.29, 0.717) is 10.1 Å². The maximum Gasteiger partial charge on any atom is 0.272 e. The van der Waals surface area contributed by atoms with E-state index in [1.165, 1.54) is 23.5 Å². The summed E-state index contributed by atoms with van der Waals surface area (Å²) in [6.07, 6.45) is 0. The monoisotopic (exact) mass is 284 g/mol. The van der Waals surface area contributed by atoms with Gasteiger partial charge < -0.3 is 10.1 Å². The highest BCUT2D eigenvalue weighted by atomic mass is 32.1. The standard InChI is InChI=1S/C10H9FN4O3S/c1-12-10-14-13-9(19-10)5-18-8-3-2-6(15(16)17)4-7(8)11/h2-4H,5H2,1H3,(H,12,14). The SMILES string of the molecule is CNc1nnc(COc2ccc([N+](=O)[O-])cc2F)s1. The summed E-state index contributed by atoms with van der Waals surface area (Å²) in [5.74, 6) is -0.848. The zero-order valence-corrected chi connectivity index (χ0v) is 10.6. The minimum atomic E-state index is -0.785. The number of ether oxygens (including phenoxy) is 1. The number of hydrogen-bond acceptors (Lipinski definition) is 7. The highest BCUT2D eigenvalue weighted by Crippen LogP contribution is 2.24. The zero-order chi connectivity index (χ0) is 13.8. The van der Waals surface area contributed by atoms with Crippen LogP contribution in [0.4, 0.5) is 15.2 Å². The first kappa shape index (κ1) is 13.1. The molecule has 0 fully saturated rings. The number of rotatable bonds is 5. The molecular weight excluding hydrogens is 275 g/mol. The summed E-state index contributed by atoms with van der Waals surface area (Å²) >= 11 is 1.28. The lowest BCUT2D eigenvalue weighted by atomic mass is 10.3. The van der Waals surface area contributed by atoms with Gasteiger partial charge >= 0.3 is 0 Å². The van der Waals surface area contributed by atoms with Gasteiger partial charge in [0, 0.05) is 13.1 Å². The van der Waals surface area contributed by atoms with Crippen LogP contribution >= 0.6 is 11.3 Å².